The molecule has 18 heavy (non-hydrogen) atoms. The second-order valence-corrected chi connectivity index (χ2v) is 5.51. The number of halogens is 1. The summed E-state index contributed by atoms with van der Waals surface area (Å²) in [7, 11) is 0. The highest BCUT2D eigenvalue weighted by atomic mass is 19.1. The second-order valence-electron chi connectivity index (χ2n) is 5.51. The molecule has 2 nitrogen and oxygen atoms in total. The van der Waals surface area contributed by atoms with E-state index in [1.165, 1.54) is 25.3 Å². The van der Waals surface area contributed by atoms with Crippen molar-refractivity contribution < 1.29 is 4.39 Å². The van der Waals surface area contributed by atoms with Crippen molar-refractivity contribution in [3.8, 4) is 0 Å². The minimum atomic E-state index is -0.200. The van der Waals surface area contributed by atoms with Gasteiger partial charge in [-0.05, 0) is 55.9 Å². The van der Waals surface area contributed by atoms with Crippen LogP contribution < -0.4 is 10.6 Å². The van der Waals surface area contributed by atoms with Gasteiger partial charge < -0.3 is 10.6 Å². The van der Waals surface area contributed by atoms with E-state index >= 15 is 0 Å². The number of hydrogen-bond donors (Lipinski definition) is 1. The standard InChI is InChI=1S/C15H23FN2/c1-11-4-3-8-18(9-7-11)15-6-5-13(16)10-14(15)12(2)17/h5-6,10-12H,3-4,7-9,17H2,1-2H3/t11?,12-/m1/s1. The predicted octanol–water partition coefficient (Wildman–Crippen LogP) is 3.47. The van der Waals surface area contributed by atoms with Gasteiger partial charge in [0.25, 0.3) is 0 Å². The van der Waals surface area contributed by atoms with Gasteiger partial charge in [0.05, 0.1) is 0 Å². The monoisotopic (exact) mass is 250 g/mol. The molecule has 1 aliphatic heterocycles. The number of nitrogens with two attached hydrogens (primary N) is 1. The van der Waals surface area contributed by atoms with Gasteiger partial charge in [0, 0.05) is 24.8 Å². The molecule has 2 rings (SSSR count). The smallest absolute Gasteiger partial charge is 0.123 e. The SMILES string of the molecule is CC1CCCN(c2ccc(F)cc2[C@@H](C)N)CC1. The second kappa shape index (κ2) is 5.70. The molecule has 1 fully saturated rings. The maximum absolute atomic E-state index is 13.3. The Balaban J connectivity index is 2.26. The average Bonchev–Trinajstić information content (AvgIpc) is 2.54. The first kappa shape index (κ1) is 13.3. The third-order valence-electron chi connectivity index (χ3n) is 3.84. The van der Waals surface area contributed by atoms with Crippen LogP contribution in [-0.4, -0.2) is 13.1 Å². The minimum Gasteiger partial charge on any atom is -0.371 e. The van der Waals surface area contributed by atoms with Crippen LogP contribution in [0.25, 0.3) is 0 Å². The molecule has 2 atom stereocenters. The largest absolute Gasteiger partial charge is 0.371 e. The highest BCUT2D eigenvalue weighted by molar-refractivity contribution is 5.55. The van der Waals surface area contributed by atoms with Crippen molar-refractivity contribution in [3.63, 3.8) is 0 Å². The maximum atomic E-state index is 13.3. The lowest BCUT2D eigenvalue weighted by Gasteiger charge is -2.27. The molecule has 1 saturated heterocycles. The van der Waals surface area contributed by atoms with E-state index in [1.807, 2.05) is 13.0 Å². The molecule has 1 aromatic rings. The summed E-state index contributed by atoms with van der Waals surface area (Å²) in [6.45, 7) is 6.32. The summed E-state index contributed by atoms with van der Waals surface area (Å²) >= 11 is 0. The lowest BCUT2D eigenvalue weighted by atomic mass is 10.0. The molecular formula is C15H23FN2. The van der Waals surface area contributed by atoms with E-state index in [0.29, 0.717) is 0 Å². The van der Waals surface area contributed by atoms with Gasteiger partial charge in [-0.15, -0.1) is 0 Å². The Kier molecular flexibility index (Phi) is 4.23. The van der Waals surface area contributed by atoms with Crippen molar-refractivity contribution in [2.45, 2.75) is 39.2 Å². The molecular weight excluding hydrogens is 227 g/mol. The molecule has 100 valence electrons. The lowest BCUT2D eigenvalue weighted by molar-refractivity contribution is 0.521. The van der Waals surface area contributed by atoms with Crippen LogP contribution in [0.1, 0.15) is 44.7 Å². The van der Waals surface area contributed by atoms with Crippen molar-refractivity contribution in [2.75, 3.05) is 18.0 Å². The number of rotatable bonds is 2. The van der Waals surface area contributed by atoms with Crippen LogP contribution in [0.5, 0.6) is 0 Å². The van der Waals surface area contributed by atoms with Gasteiger partial charge in [0.15, 0.2) is 0 Å². The average molecular weight is 250 g/mol. The van der Waals surface area contributed by atoms with E-state index in [9.17, 15) is 4.39 Å². The summed E-state index contributed by atoms with van der Waals surface area (Å²) in [5.41, 5.74) is 8.00. The van der Waals surface area contributed by atoms with Crippen LogP contribution in [0.15, 0.2) is 18.2 Å². The third kappa shape index (κ3) is 3.02. The molecule has 1 unspecified atom stereocenters. The van der Waals surface area contributed by atoms with Crippen molar-refractivity contribution in [1.82, 2.24) is 0 Å². The first-order valence-electron chi connectivity index (χ1n) is 6.88. The zero-order chi connectivity index (χ0) is 13.1. The molecule has 3 heteroatoms. The molecule has 0 aliphatic carbocycles. The number of hydrogen-bond acceptors (Lipinski definition) is 2. The lowest BCUT2D eigenvalue weighted by Crippen LogP contribution is -2.26. The van der Waals surface area contributed by atoms with E-state index in [0.717, 1.165) is 30.3 Å². The highest BCUT2D eigenvalue weighted by Gasteiger charge is 2.18. The Hall–Kier alpha value is -1.09. The van der Waals surface area contributed by atoms with Gasteiger partial charge in [-0.2, -0.15) is 0 Å². The fraction of sp³-hybridized carbons (Fsp3) is 0.600. The fourth-order valence-electron chi connectivity index (χ4n) is 2.68. The molecule has 2 N–H and O–H groups in total. The number of benzene rings is 1. The molecule has 1 aliphatic rings. The third-order valence-corrected chi connectivity index (χ3v) is 3.84. The minimum absolute atomic E-state index is 0.128. The zero-order valence-corrected chi connectivity index (χ0v) is 11.3. The van der Waals surface area contributed by atoms with E-state index in [2.05, 4.69) is 11.8 Å². The van der Waals surface area contributed by atoms with Crippen molar-refractivity contribution in [3.05, 3.63) is 29.6 Å². The molecule has 1 heterocycles. The predicted molar refractivity (Wildman–Crippen MR) is 74.2 cm³/mol. The Morgan fingerprint density at radius 1 is 1.33 bits per heavy atom. The van der Waals surface area contributed by atoms with Crippen molar-refractivity contribution >= 4 is 5.69 Å². The summed E-state index contributed by atoms with van der Waals surface area (Å²) in [4.78, 5) is 2.36. The van der Waals surface area contributed by atoms with E-state index in [1.54, 1.807) is 6.07 Å². The van der Waals surface area contributed by atoms with Crippen LogP contribution in [-0.2, 0) is 0 Å². The van der Waals surface area contributed by atoms with E-state index in [-0.39, 0.29) is 11.9 Å². The molecule has 0 amide bonds. The van der Waals surface area contributed by atoms with Gasteiger partial charge in [0.1, 0.15) is 5.82 Å². The van der Waals surface area contributed by atoms with Crippen LogP contribution >= 0.6 is 0 Å². The first-order chi connectivity index (χ1) is 8.58. The molecule has 0 bridgehead atoms. The van der Waals surface area contributed by atoms with Gasteiger partial charge in [-0.3, -0.25) is 0 Å². The van der Waals surface area contributed by atoms with Gasteiger partial charge >= 0.3 is 0 Å². The van der Waals surface area contributed by atoms with Gasteiger partial charge in [-0.1, -0.05) is 6.92 Å². The maximum Gasteiger partial charge on any atom is 0.123 e. The Labute approximate surface area is 109 Å². The van der Waals surface area contributed by atoms with Gasteiger partial charge in [-0.25, -0.2) is 4.39 Å². The van der Waals surface area contributed by atoms with Crippen LogP contribution in [0.4, 0.5) is 10.1 Å². The Morgan fingerprint density at radius 2 is 2.11 bits per heavy atom. The highest BCUT2D eigenvalue weighted by Crippen LogP contribution is 2.29. The number of anilines is 1. The van der Waals surface area contributed by atoms with Crippen molar-refractivity contribution in [1.29, 1.82) is 0 Å². The number of nitrogens with zero attached hydrogens (tertiary/aromatic N) is 1. The molecule has 0 spiro atoms. The molecule has 0 radical (unpaired) electrons. The van der Waals surface area contributed by atoms with Crippen LogP contribution in [0.2, 0.25) is 0 Å². The summed E-state index contributed by atoms with van der Waals surface area (Å²) in [5.74, 6) is 0.587. The molecule has 1 aromatic carbocycles. The van der Waals surface area contributed by atoms with Gasteiger partial charge in [0.2, 0.25) is 0 Å². The Bertz CT molecular complexity index is 403. The quantitative estimate of drug-likeness (QED) is 0.870. The molecule has 0 aromatic heterocycles. The normalized spacial score (nSPS) is 22.7. The van der Waals surface area contributed by atoms with Crippen LogP contribution in [0.3, 0.4) is 0 Å². The first-order valence-corrected chi connectivity index (χ1v) is 6.88. The summed E-state index contributed by atoms with van der Waals surface area (Å²) in [5, 5.41) is 0. The fourth-order valence-corrected chi connectivity index (χ4v) is 2.68. The summed E-state index contributed by atoms with van der Waals surface area (Å²) < 4.78 is 13.3. The molecule has 0 saturated carbocycles. The van der Waals surface area contributed by atoms with Crippen molar-refractivity contribution in [2.24, 2.45) is 11.7 Å². The summed E-state index contributed by atoms with van der Waals surface area (Å²) in [6, 6.07) is 4.87. The van der Waals surface area contributed by atoms with Crippen LogP contribution in [0, 0.1) is 11.7 Å². The summed E-state index contributed by atoms with van der Waals surface area (Å²) in [6.07, 6.45) is 3.69. The zero-order valence-electron chi connectivity index (χ0n) is 11.3. The topological polar surface area (TPSA) is 29.3 Å². The Morgan fingerprint density at radius 3 is 2.83 bits per heavy atom. The van der Waals surface area contributed by atoms with E-state index < -0.39 is 0 Å². The van der Waals surface area contributed by atoms with E-state index in [4.69, 9.17) is 5.73 Å².